The van der Waals surface area contributed by atoms with Gasteiger partial charge in [-0.25, -0.2) is 13.4 Å². The summed E-state index contributed by atoms with van der Waals surface area (Å²) in [6.45, 7) is 1.03. The van der Waals surface area contributed by atoms with Crippen LogP contribution in [0.2, 0.25) is 0 Å². The summed E-state index contributed by atoms with van der Waals surface area (Å²) in [5.74, 6) is 0.483. The van der Waals surface area contributed by atoms with E-state index in [9.17, 15) is 8.42 Å². The molecule has 0 saturated heterocycles. The van der Waals surface area contributed by atoms with Crippen molar-refractivity contribution in [2.75, 3.05) is 11.3 Å². The third-order valence-corrected chi connectivity index (χ3v) is 4.73. The number of hydrogen-bond acceptors (Lipinski definition) is 4. The fourth-order valence-electron chi connectivity index (χ4n) is 2.16. The number of rotatable bonds is 7. The highest BCUT2D eigenvalue weighted by molar-refractivity contribution is 7.92. The Morgan fingerprint density at radius 1 is 1.04 bits per heavy atom. The van der Waals surface area contributed by atoms with Gasteiger partial charge >= 0.3 is 0 Å². The number of para-hydroxylation sites is 2. The Hall–Kier alpha value is -2.80. The number of sulfonamides is 1. The average Bonchev–Trinajstić information content (AvgIpc) is 3.10. The highest BCUT2D eigenvalue weighted by Crippen LogP contribution is 2.26. The SMILES string of the molecule is O=S(=O)(Nc1ccccc1OCCn1ccnc1)c1ccccc1. The van der Waals surface area contributed by atoms with Gasteiger partial charge in [0.2, 0.25) is 0 Å². The van der Waals surface area contributed by atoms with Crippen molar-refractivity contribution in [3.63, 3.8) is 0 Å². The van der Waals surface area contributed by atoms with Crippen LogP contribution < -0.4 is 9.46 Å². The van der Waals surface area contributed by atoms with Crippen molar-refractivity contribution in [3.8, 4) is 5.75 Å². The van der Waals surface area contributed by atoms with Crippen molar-refractivity contribution in [3.05, 3.63) is 73.3 Å². The van der Waals surface area contributed by atoms with E-state index in [1.165, 1.54) is 0 Å². The van der Waals surface area contributed by atoms with E-state index in [1.54, 1.807) is 67.1 Å². The Labute approximate surface area is 140 Å². The lowest BCUT2D eigenvalue weighted by Gasteiger charge is -2.13. The molecule has 0 aliphatic rings. The molecule has 6 nitrogen and oxygen atoms in total. The third kappa shape index (κ3) is 3.94. The van der Waals surface area contributed by atoms with Crippen molar-refractivity contribution in [2.45, 2.75) is 11.4 Å². The average molecular weight is 343 g/mol. The van der Waals surface area contributed by atoms with Gasteiger partial charge in [0.25, 0.3) is 10.0 Å². The number of anilines is 1. The minimum Gasteiger partial charge on any atom is -0.490 e. The van der Waals surface area contributed by atoms with E-state index < -0.39 is 10.0 Å². The third-order valence-electron chi connectivity index (χ3n) is 3.35. The number of imidazole rings is 1. The monoisotopic (exact) mass is 343 g/mol. The number of nitrogens with one attached hydrogen (secondary N) is 1. The summed E-state index contributed by atoms with van der Waals surface area (Å²) < 4.78 is 35.0. The van der Waals surface area contributed by atoms with Crippen LogP contribution in [0, 0.1) is 0 Å². The van der Waals surface area contributed by atoms with Gasteiger partial charge in [0.15, 0.2) is 0 Å². The standard InChI is InChI=1S/C17H17N3O3S/c21-24(22,15-6-2-1-3-7-15)19-16-8-4-5-9-17(16)23-13-12-20-11-10-18-14-20/h1-11,14,19H,12-13H2. The molecule has 24 heavy (non-hydrogen) atoms. The van der Waals surface area contributed by atoms with Crippen molar-refractivity contribution < 1.29 is 13.2 Å². The van der Waals surface area contributed by atoms with E-state index in [1.807, 2.05) is 10.8 Å². The zero-order chi connectivity index (χ0) is 16.8. The molecule has 0 radical (unpaired) electrons. The number of ether oxygens (including phenoxy) is 1. The minimum absolute atomic E-state index is 0.207. The van der Waals surface area contributed by atoms with Crippen LogP contribution in [0.25, 0.3) is 0 Å². The van der Waals surface area contributed by atoms with Gasteiger partial charge < -0.3 is 9.30 Å². The molecule has 0 aliphatic heterocycles. The molecule has 2 aromatic carbocycles. The first kappa shape index (κ1) is 16.1. The van der Waals surface area contributed by atoms with Gasteiger partial charge in [-0.15, -0.1) is 0 Å². The zero-order valence-corrected chi connectivity index (χ0v) is 13.7. The molecule has 0 saturated carbocycles. The van der Waals surface area contributed by atoms with E-state index in [4.69, 9.17) is 4.74 Å². The van der Waals surface area contributed by atoms with Gasteiger partial charge in [-0.3, -0.25) is 4.72 Å². The van der Waals surface area contributed by atoms with Crippen LogP contribution in [-0.2, 0) is 16.6 Å². The van der Waals surface area contributed by atoms with E-state index in [0.717, 1.165) is 0 Å². The molecule has 124 valence electrons. The van der Waals surface area contributed by atoms with Gasteiger partial charge in [-0.1, -0.05) is 30.3 Å². The molecular formula is C17H17N3O3S. The molecule has 1 aromatic heterocycles. The maximum Gasteiger partial charge on any atom is 0.262 e. The molecule has 3 rings (SSSR count). The lowest BCUT2D eigenvalue weighted by molar-refractivity contribution is 0.300. The Morgan fingerprint density at radius 2 is 1.79 bits per heavy atom. The molecule has 1 N–H and O–H groups in total. The Bertz CT molecular complexity index is 878. The second kappa shape index (κ2) is 7.18. The van der Waals surface area contributed by atoms with Crippen LogP contribution in [0.5, 0.6) is 5.75 Å². The summed E-state index contributed by atoms with van der Waals surface area (Å²) in [5.41, 5.74) is 0.409. The van der Waals surface area contributed by atoms with Gasteiger partial charge in [-0.2, -0.15) is 0 Å². The molecule has 3 aromatic rings. The minimum atomic E-state index is -3.65. The fraction of sp³-hybridized carbons (Fsp3) is 0.118. The van der Waals surface area contributed by atoms with Crippen LogP contribution in [0.1, 0.15) is 0 Å². The first-order valence-electron chi connectivity index (χ1n) is 7.40. The number of benzene rings is 2. The van der Waals surface area contributed by atoms with Gasteiger partial charge in [0.1, 0.15) is 12.4 Å². The highest BCUT2D eigenvalue weighted by Gasteiger charge is 2.15. The molecule has 0 atom stereocenters. The molecule has 0 bridgehead atoms. The normalized spacial score (nSPS) is 11.2. The van der Waals surface area contributed by atoms with Crippen LogP contribution in [0.15, 0.2) is 78.2 Å². The van der Waals surface area contributed by atoms with E-state index in [-0.39, 0.29) is 4.90 Å². The van der Waals surface area contributed by atoms with Gasteiger partial charge in [-0.05, 0) is 24.3 Å². The smallest absolute Gasteiger partial charge is 0.262 e. The Morgan fingerprint density at radius 3 is 2.54 bits per heavy atom. The largest absolute Gasteiger partial charge is 0.490 e. The summed E-state index contributed by atoms with van der Waals surface area (Å²) >= 11 is 0. The van der Waals surface area contributed by atoms with Crippen molar-refractivity contribution in [1.29, 1.82) is 0 Å². The maximum absolute atomic E-state index is 12.4. The first-order valence-corrected chi connectivity index (χ1v) is 8.89. The Balaban J connectivity index is 1.72. The summed E-state index contributed by atoms with van der Waals surface area (Å²) in [6, 6.07) is 15.2. The number of hydrogen-bond donors (Lipinski definition) is 1. The topological polar surface area (TPSA) is 73.2 Å². The predicted molar refractivity (Wildman–Crippen MR) is 91.4 cm³/mol. The molecule has 1 heterocycles. The van der Waals surface area contributed by atoms with Crippen molar-refractivity contribution in [2.24, 2.45) is 0 Å². The Kier molecular flexibility index (Phi) is 4.81. The highest BCUT2D eigenvalue weighted by atomic mass is 32.2. The first-order chi connectivity index (χ1) is 11.6. The number of nitrogens with zero attached hydrogens (tertiary/aromatic N) is 2. The van der Waals surface area contributed by atoms with Gasteiger partial charge in [0.05, 0.1) is 23.5 Å². The molecule has 0 fully saturated rings. The summed E-state index contributed by atoms with van der Waals surface area (Å²) in [5, 5.41) is 0. The lowest BCUT2D eigenvalue weighted by atomic mass is 10.3. The van der Waals surface area contributed by atoms with E-state index in [0.29, 0.717) is 24.6 Å². The number of aromatic nitrogens is 2. The van der Waals surface area contributed by atoms with Gasteiger partial charge in [0, 0.05) is 12.4 Å². The quantitative estimate of drug-likeness (QED) is 0.716. The second-order valence-electron chi connectivity index (χ2n) is 5.06. The lowest BCUT2D eigenvalue weighted by Crippen LogP contribution is -2.14. The van der Waals surface area contributed by atoms with Crippen molar-refractivity contribution >= 4 is 15.7 Å². The van der Waals surface area contributed by atoms with Crippen molar-refractivity contribution in [1.82, 2.24) is 9.55 Å². The van der Waals surface area contributed by atoms with E-state index >= 15 is 0 Å². The summed E-state index contributed by atoms with van der Waals surface area (Å²) in [6.07, 6.45) is 5.24. The van der Waals surface area contributed by atoms with Crippen LogP contribution in [-0.4, -0.2) is 24.6 Å². The molecule has 0 amide bonds. The molecule has 0 spiro atoms. The summed E-state index contributed by atoms with van der Waals surface area (Å²) in [4.78, 5) is 4.17. The summed E-state index contributed by atoms with van der Waals surface area (Å²) in [7, 11) is -3.65. The molecular weight excluding hydrogens is 326 g/mol. The van der Waals surface area contributed by atoms with Crippen LogP contribution in [0.3, 0.4) is 0 Å². The predicted octanol–water partition coefficient (Wildman–Crippen LogP) is 2.76. The maximum atomic E-state index is 12.4. The van der Waals surface area contributed by atoms with E-state index in [2.05, 4.69) is 9.71 Å². The molecule has 7 heteroatoms. The molecule has 0 unspecified atom stereocenters. The van der Waals surface area contributed by atoms with Crippen LogP contribution in [0.4, 0.5) is 5.69 Å². The second-order valence-corrected chi connectivity index (χ2v) is 6.75. The fourth-order valence-corrected chi connectivity index (χ4v) is 3.25. The molecule has 0 aliphatic carbocycles. The van der Waals surface area contributed by atoms with Crippen LogP contribution >= 0.6 is 0 Å². The zero-order valence-electron chi connectivity index (χ0n) is 12.9.